The number of benzene rings is 1. The van der Waals surface area contributed by atoms with Crippen LogP contribution in [0.15, 0.2) is 48.0 Å². The third kappa shape index (κ3) is 2.70. The second-order valence-electron chi connectivity index (χ2n) is 7.00. The van der Waals surface area contributed by atoms with Gasteiger partial charge in [-0.2, -0.15) is 9.61 Å². The highest BCUT2D eigenvalue weighted by atomic mass is 32.1. The summed E-state index contributed by atoms with van der Waals surface area (Å²) in [7, 11) is 0. The molecule has 137 valence electrons. The van der Waals surface area contributed by atoms with Gasteiger partial charge in [-0.1, -0.05) is 18.2 Å². The van der Waals surface area contributed by atoms with E-state index in [1.807, 2.05) is 24.3 Å². The maximum atomic E-state index is 10.2. The van der Waals surface area contributed by atoms with E-state index in [4.69, 9.17) is 5.10 Å². The molecule has 1 radical (unpaired) electrons. The Hall–Kier alpha value is -2.48. The molecule has 6 nitrogen and oxygen atoms in total. The molecule has 0 unspecified atom stereocenters. The van der Waals surface area contributed by atoms with Crippen LogP contribution in [-0.4, -0.2) is 43.1 Å². The van der Waals surface area contributed by atoms with E-state index in [1.54, 1.807) is 22.0 Å². The topological polar surface area (TPSA) is 82.7 Å². The van der Waals surface area contributed by atoms with Crippen molar-refractivity contribution in [3.05, 3.63) is 54.9 Å². The second-order valence-corrected chi connectivity index (χ2v) is 7.91. The van der Waals surface area contributed by atoms with Gasteiger partial charge in [-0.15, -0.1) is 11.3 Å². The van der Waals surface area contributed by atoms with Gasteiger partial charge in [0.25, 0.3) is 0 Å². The van der Waals surface area contributed by atoms with Crippen molar-refractivity contribution in [2.24, 2.45) is 5.92 Å². The van der Waals surface area contributed by atoms with Gasteiger partial charge in [0.15, 0.2) is 5.65 Å². The number of hydrogen-bond acceptors (Lipinski definition) is 6. The number of nitrogens with one attached hydrogen (secondary N) is 1. The minimum Gasteiger partial charge on any atom is -0.390 e. The zero-order chi connectivity index (χ0) is 18.5. The number of nitrogens with zero attached hydrogens (tertiary/aromatic N) is 3. The second kappa shape index (κ2) is 6.30. The fourth-order valence-corrected chi connectivity index (χ4v) is 4.72. The molecule has 0 aliphatic heterocycles. The first-order chi connectivity index (χ1) is 13.1. The van der Waals surface area contributed by atoms with E-state index in [9.17, 15) is 10.2 Å². The zero-order valence-electron chi connectivity index (χ0n) is 14.5. The molecule has 1 aliphatic rings. The first-order valence-corrected chi connectivity index (χ1v) is 9.77. The summed E-state index contributed by atoms with van der Waals surface area (Å²) in [5, 5.41) is 31.6. The van der Waals surface area contributed by atoms with Gasteiger partial charge in [0.05, 0.1) is 17.8 Å². The van der Waals surface area contributed by atoms with Crippen LogP contribution in [0.3, 0.4) is 0 Å². The first-order valence-electron chi connectivity index (χ1n) is 8.89. The molecule has 0 saturated heterocycles. The summed E-state index contributed by atoms with van der Waals surface area (Å²) >= 11 is 1.70. The monoisotopic (exact) mass is 379 g/mol. The number of hydrogen-bond donors (Lipinski definition) is 3. The highest BCUT2D eigenvalue weighted by molar-refractivity contribution is 7.17. The standard InChI is InChI=1S/C20H19N4O2S/c1-11-8-15(20(26)19(11)25)22-17-6-7-21-18-9-14(23-24(17)18)13-10-27-16-5-3-2-4-12(13)16/h2-7,9-11,15,19-20,22,25-26H,1,8H2/t11-,15-,19-,20+/m1/s1. The molecule has 7 heteroatoms. The molecule has 27 heavy (non-hydrogen) atoms. The molecule has 4 atom stereocenters. The van der Waals surface area contributed by atoms with Gasteiger partial charge in [0.1, 0.15) is 11.9 Å². The summed E-state index contributed by atoms with van der Waals surface area (Å²) in [5.41, 5.74) is 2.67. The van der Waals surface area contributed by atoms with Crippen molar-refractivity contribution in [3.63, 3.8) is 0 Å². The number of rotatable bonds is 3. The van der Waals surface area contributed by atoms with Crippen molar-refractivity contribution < 1.29 is 10.2 Å². The van der Waals surface area contributed by atoms with Crippen molar-refractivity contribution in [1.29, 1.82) is 0 Å². The van der Waals surface area contributed by atoms with Gasteiger partial charge in [0.2, 0.25) is 0 Å². The van der Waals surface area contributed by atoms with Crippen LogP contribution in [-0.2, 0) is 0 Å². The smallest absolute Gasteiger partial charge is 0.157 e. The average molecular weight is 379 g/mol. The summed E-state index contributed by atoms with van der Waals surface area (Å²) in [6.07, 6.45) is 0.640. The minimum absolute atomic E-state index is 0.194. The van der Waals surface area contributed by atoms with E-state index in [-0.39, 0.29) is 12.0 Å². The Morgan fingerprint density at radius 2 is 2.04 bits per heavy atom. The van der Waals surface area contributed by atoms with Gasteiger partial charge in [0, 0.05) is 33.3 Å². The van der Waals surface area contributed by atoms with Crippen molar-refractivity contribution in [2.75, 3.05) is 5.32 Å². The summed E-state index contributed by atoms with van der Waals surface area (Å²) in [6, 6.07) is 11.8. The van der Waals surface area contributed by atoms with Gasteiger partial charge in [-0.05, 0) is 31.4 Å². The molecule has 1 saturated carbocycles. The molecular formula is C20H19N4O2S. The lowest BCUT2D eigenvalue weighted by molar-refractivity contribution is 0.0256. The summed E-state index contributed by atoms with van der Waals surface area (Å²) in [6.45, 7) is 3.91. The van der Waals surface area contributed by atoms with Crippen LogP contribution in [0.5, 0.6) is 0 Å². The summed E-state index contributed by atoms with van der Waals surface area (Å²) in [4.78, 5) is 4.42. The quantitative estimate of drug-likeness (QED) is 0.510. The Balaban J connectivity index is 1.54. The van der Waals surface area contributed by atoms with Crippen LogP contribution in [0.2, 0.25) is 0 Å². The predicted molar refractivity (Wildman–Crippen MR) is 107 cm³/mol. The van der Waals surface area contributed by atoms with Gasteiger partial charge in [-0.25, -0.2) is 4.98 Å². The molecular weight excluding hydrogens is 360 g/mol. The first kappa shape index (κ1) is 16.7. The average Bonchev–Trinajstić information content (AvgIpc) is 3.35. The third-order valence-electron chi connectivity index (χ3n) is 5.25. The third-order valence-corrected chi connectivity index (χ3v) is 6.21. The summed E-state index contributed by atoms with van der Waals surface area (Å²) < 4.78 is 2.97. The highest BCUT2D eigenvalue weighted by Gasteiger charge is 2.39. The van der Waals surface area contributed by atoms with Crippen LogP contribution in [0.1, 0.15) is 6.42 Å². The lowest BCUT2D eigenvalue weighted by Gasteiger charge is -2.19. The number of aliphatic hydroxyl groups is 2. The van der Waals surface area contributed by atoms with E-state index >= 15 is 0 Å². The van der Waals surface area contributed by atoms with Crippen molar-refractivity contribution in [1.82, 2.24) is 14.6 Å². The maximum absolute atomic E-state index is 10.2. The molecule has 4 aromatic rings. The molecule has 1 aliphatic carbocycles. The Morgan fingerprint density at radius 1 is 1.19 bits per heavy atom. The molecule has 3 heterocycles. The lowest BCUT2D eigenvalue weighted by Crippen LogP contribution is -2.35. The predicted octanol–water partition coefficient (Wildman–Crippen LogP) is 2.97. The number of fused-ring (bicyclic) bond motifs is 2. The number of thiophene rings is 1. The summed E-state index contributed by atoms with van der Waals surface area (Å²) in [5.74, 6) is 0.538. The fraction of sp³-hybridized carbons (Fsp3) is 0.250. The number of aliphatic hydroxyl groups excluding tert-OH is 2. The van der Waals surface area contributed by atoms with Crippen molar-refractivity contribution >= 4 is 32.9 Å². The molecule has 3 N–H and O–H groups in total. The highest BCUT2D eigenvalue weighted by Crippen LogP contribution is 2.34. The molecule has 3 aromatic heterocycles. The molecule has 1 aromatic carbocycles. The van der Waals surface area contributed by atoms with Crippen LogP contribution in [0.25, 0.3) is 27.0 Å². The van der Waals surface area contributed by atoms with Crippen molar-refractivity contribution in [2.45, 2.75) is 24.7 Å². The molecule has 0 spiro atoms. The van der Waals surface area contributed by atoms with Crippen LogP contribution in [0.4, 0.5) is 5.82 Å². The van der Waals surface area contributed by atoms with Gasteiger partial charge in [-0.3, -0.25) is 0 Å². The zero-order valence-corrected chi connectivity index (χ0v) is 15.3. The van der Waals surface area contributed by atoms with Gasteiger partial charge >= 0.3 is 0 Å². The number of aromatic nitrogens is 3. The Bertz CT molecular complexity index is 1120. The lowest BCUT2D eigenvalue weighted by atomic mass is 10.1. The van der Waals surface area contributed by atoms with Gasteiger partial charge < -0.3 is 15.5 Å². The van der Waals surface area contributed by atoms with E-state index in [1.165, 1.54) is 10.1 Å². The van der Waals surface area contributed by atoms with E-state index in [0.717, 1.165) is 22.7 Å². The van der Waals surface area contributed by atoms with Crippen LogP contribution < -0.4 is 5.32 Å². The van der Waals surface area contributed by atoms with Crippen LogP contribution >= 0.6 is 11.3 Å². The SMILES string of the molecule is [CH2][C@@H]1C[C@@H](Nc2ccnc3cc(-c4csc5ccccc45)nn23)[C@H](O)[C@@H]1O. The molecule has 1 fully saturated rings. The molecule has 0 amide bonds. The van der Waals surface area contributed by atoms with Crippen LogP contribution in [0, 0.1) is 12.8 Å². The Morgan fingerprint density at radius 3 is 2.85 bits per heavy atom. The molecule has 5 rings (SSSR count). The largest absolute Gasteiger partial charge is 0.390 e. The van der Waals surface area contributed by atoms with E-state index < -0.39 is 12.2 Å². The van der Waals surface area contributed by atoms with E-state index in [0.29, 0.717) is 6.42 Å². The van der Waals surface area contributed by atoms with E-state index in [2.05, 4.69) is 34.7 Å². The fourth-order valence-electron chi connectivity index (χ4n) is 3.77. The van der Waals surface area contributed by atoms with Crippen molar-refractivity contribution in [3.8, 4) is 11.3 Å². The molecule has 0 bridgehead atoms. The Labute approximate surface area is 160 Å². The Kier molecular flexibility index (Phi) is 3.89. The normalized spacial score (nSPS) is 25.4. The maximum Gasteiger partial charge on any atom is 0.157 e. The number of anilines is 1. The minimum atomic E-state index is -0.855.